The highest BCUT2D eigenvalue weighted by Crippen LogP contribution is 2.40. The van der Waals surface area contributed by atoms with Gasteiger partial charge in [0.05, 0.1) is 18.0 Å². The van der Waals surface area contributed by atoms with Gasteiger partial charge in [0.1, 0.15) is 16.9 Å². The van der Waals surface area contributed by atoms with Crippen molar-refractivity contribution < 1.29 is 36.7 Å². The average Bonchev–Trinajstić information content (AvgIpc) is 3.26. The van der Waals surface area contributed by atoms with Gasteiger partial charge in [-0.25, -0.2) is 22.6 Å². The second-order valence-electron chi connectivity index (χ2n) is 9.89. The Kier molecular flexibility index (Phi) is 8.33. The van der Waals surface area contributed by atoms with E-state index in [4.69, 9.17) is 9.47 Å². The fraction of sp³-hybridized carbons (Fsp3) is 0.542. The van der Waals surface area contributed by atoms with E-state index < -0.39 is 41.9 Å². The van der Waals surface area contributed by atoms with Crippen LogP contribution in [0.2, 0.25) is 0 Å². The van der Waals surface area contributed by atoms with Crippen molar-refractivity contribution in [1.82, 2.24) is 9.88 Å². The molecule has 2 heterocycles. The summed E-state index contributed by atoms with van der Waals surface area (Å²) in [4.78, 5) is 39.0. The van der Waals surface area contributed by atoms with Gasteiger partial charge in [0.25, 0.3) is 0 Å². The Balaban J connectivity index is 1.98. The number of hydrogen-bond acceptors (Lipinski definition) is 7. The molecular formula is C24H31BF3N3O6. The summed E-state index contributed by atoms with van der Waals surface area (Å²) in [6, 6.07) is 0.725. The van der Waals surface area contributed by atoms with Crippen molar-refractivity contribution in [3.63, 3.8) is 0 Å². The van der Waals surface area contributed by atoms with Crippen molar-refractivity contribution in [3.05, 3.63) is 33.9 Å². The van der Waals surface area contributed by atoms with E-state index in [0.29, 0.717) is 19.5 Å². The van der Waals surface area contributed by atoms with Gasteiger partial charge in [-0.05, 0) is 53.0 Å². The first kappa shape index (κ1) is 28.2. The molecule has 3 rings (SSSR count). The molecular weight excluding hydrogens is 494 g/mol. The number of benzene rings is 1. The van der Waals surface area contributed by atoms with E-state index in [1.807, 2.05) is 6.92 Å². The third-order valence-electron chi connectivity index (χ3n) is 6.20. The van der Waals surface area contributed by atoms with Crippen molar-refractivity contribution in [3.8, 4) is 5.75 Å². The van der Waals surface area contributed by atoms with Crippen LogP contribution in [0.3, 0.4) is 0 Å². The molecule has 2 atom stereocenters. The molecule has 202 valence electrons. The molecule has 1 saturated heterocycles. The lowest BCUT2D eigenvalue weighted by Crippen LogP contribution is -2.42. The van der Waals surface area contributed by atoms with Crippen LogP contribution in [0.1, 0.15) is 51.4 Å². The summed E-state index contributed by atoms with van der Waals surface area (Å²) in [5.41, 5.74) is -1.86. The minimum absolute atomic E-state index is 0.0211. The number of pyridine rings is 1. The molecule has 0 radical (unpaired) electrons. The first-order valence-corrected chi connectivity index (χ1v) is 11.9. The number of nitrogens with zero attached hydrogens (tertiary/aromatic N) is 2. The smallest absolute Gasteiger partial charge is 0.492 e. The second kappa shape index (κ2) is 10.9. The Bertz CT molecular complexity index is 1250. The van der Waals surface area contributed by atoms with Crippen LogP contribution in [0.25, 0.3) is 10.9 Å². The van der Waals surface area contributed by atoms with Crippen LogP contribution in [-0.4, -0.2) is 55.9 Å². The first-order valence-electron chi connectivity index (χ1n) is 11.9. The molecule has 13 heteroatoms. The molecule has 1 aliphatic heterocycles. The number of carbonyl (C=O) groups excluding carboxylic acids is 2. The SMILES string of the molecule is CCn1cc(C(=O)OB(F)F)c(=O)c2cc(F)c(N3CC[C@@H]([C@H](C)NC(=O)OC(C)(C)C)C3)c(OC)c21. The van der Waals surface area contributed by atoms with Crippen molar-refractivity contribution in [1.29, 1.82) is 0 Å². The van der Waals surface area contributed by atoms with E-state index in [1.165, 1.54) is 11.7 Å². The predicted octanol–water partition coefficient (Wildman–Crippen LogP) is 3.99. The highest BCUT2D eigenvalue weighted by molar-refractivity contribution is 6.38. The van der Waals surface area contributed by atoms with Gasteiger partial charge in [-0.3, -0.25) is 4.79 Å². The lowest BCUT2D eigenvalue weighted by atomic mass is 10.0. The largest absolute Gasteiger partial charge is 0.798 e. The fourth-order valence-corrected chi connectivity index (χ4v) is 4.53. The Morgan fingerprint density at radius 2 is 1.97 bits per heavy atom. The summed E-state index contributed by atoms with van der Waals surface area (Å²) >= 11 is 0. The first-order chi connectivity index (χ1) is 17.3. The molecule has 1 aromatic heterocycles. The Morgan fingerprint density at radius 3 is 2.54 bits per heavy atom. The zero-order chi connectivity index (χ0) is 27.7. The lowest BCUT2D eigenvalue weighted by Gasteiger charge is -2.26. The van der Waals surface area contributed by atoms with Gasteiger partial charge in [0.2, 0.25) is 5.43 Å². The Hall–Kier alpha value is -3.38. The number of ether oxygens (including phenoxy) is 2. The normalized spacial score (nSPS) is 16.5. The molecule has 0 saturated carbocycles. The van der Waals surface area contributed by atoms with Crippen molar-refractivity contribution in [2.45, 2.75) is 59.2 Å². The number of halogens is 3. The van der Waals surface area contributed by atoms with Gasteiger partial charge in [-0.1, -0.05) is 0 Å². The molecule has 1 N–H and O–H groups in total. The third-order valence-corrected chi connectivity index (χ3v) is 6.20. The molecule has 1 aromatic carbocycles. The zero-order valence-electron chi connectivity index (χ0n) is 21.7. The number of rotatable bonds is 7. The fourth-order valence-electron chi connectivity index (χ4n) is 4.53. The Morgan fingerprint density at radius 1 is 1.30 bits per heavy atom. The number of aryl methyl sites for hydroxylation is 1. The van der Waals surface area contributed by atoms with E-state index in [0.717, 1.165) is 12.3 Å². The maximum Gasteiger partial charge on any atom is 0.798 e. The zero-order valence-corrected chi connectivity index (χ0v) is 21.7. The molecule has 37 heavy (non-hydrogen) atoms. The van der Waals surface area contributed by atoms with Crippen LogP contribution >= 0.6 is 0 Å². The van der Waals surface area contributed by atoms with Crippen LogP contribution in [0.15, 0.2) is 17.1 Å². The molecule has 1 fully saturated rings. The number of hydrogen-bond donors (Lipinski definition) is 1. The van der Waals surface area contributed by atoms with Gasteiger partial charge >= 0.3 is 19.5 Å². The van der Waals surface area contributed by atoms with E-state index in [-0.39, 0.29) is 40.8 Å². The second-order valence-corrected chi connectivity index (χ2v) is 9.89. The lowest BCUT2D eigenvalue weighted by molar-refractivity contribution is 0.0494. The molecule has 9 nitrogen and oxygen atoms in total. The van der Waals surface area contributed by atoms with Crippen molar-refractivity contribution >= 4 is 36.1 Å². The summed E-state index contributed by atoms with van der Waals surface area (Å²) in [7, 11) is -2.07. The van der Waals surface area contributed by atoms with Crippen LogP contribution < -0.4 is 20.4 Å². The molecule has 0 aliphatic carbocycles. The van der Waals surface area contributed by atoms with Gasteiger partial charge < -0.3 is 28.9 Å². The number of anilines is 1. The average molecular weight is 525 g/mol. The van der Waals surface area contributed by atoms with Crippen LogP contribution in [0, 0.1) is 11.7 Å². The summed E-state index contributed by atoms with van der Waals surface area (Å²) in [5.74, 6) is -2.21. The van der Waals surface area contributed by atoms with E-state index in [1.54, 1.807) is 32.6 Å². The van der Waals surface area contributed by atoms with Crippen molar-refractivity contribution in [2.75, 3.05) is 25.1 Å². The molecule has 2 aromatic rings. The predicted molar refractivity (Wildman–Crippen MR) is 133 cm³/mol. The Labute approximate surface area is 213 Å². The number of nitrogens with one attached hydrogen (secondary N) is 1. The third kappa shape index (κ3) is 6.13. The van der Waals surface area contributed by atoms with Crippen LogP contribution in [0.5, 0.6) is 5.75 Å². The highest BCUT2D eigenvalue weighted by Gasteiger charge is 2.34. The molecule has 1 aliphatic rings. The summed E-state index contributed by atoms with van der Waals surface area (Å²) in [5, 5.41) is 2.63. The van der Waals surface area contributed by atoms with E-state index >= 15 is 4.39 Å². The molecule has 0 unspecified atom stereocenters. The minimum Gasteiger partial charge on any atom is -0.492 e. The van der Waals surface area contributed by atoms with Crippen LogP contribution in [0.4, 0.5) is 23.5 Å². The number of alkyl carbamates (subject to hydrolysis) is 1. The summed E-state index contributed by atoms with van der Waals surface area (Å²) < 4.78 is 56.9. The number of fused-ring (bicyclic) bond motifs is 1. The monoisotopic (exact) mass is 525 g/mol. The quantitative estimate of drug-likeness (QED) is 0.546. The number of methoxy groups -OCH3 is 1. The maximum atomic E-state index is 15.5. The van der Waals surface area contributed by atoms with E-state index in [2.05, 4.69) is 9.97 Å². The molecule has 1 amide bonds. The van der Waals surface area contributed by atoms with Gasteiger partial charge in [0.15, 0.2) is 11.6 Å². The number of carbonyl (C=O) groups is 2. The standard InChI is InChI=1S/C24H31BF3N3O6/c1-7-30-12-16(22(33)37-25(27)28)20(32)15-10-17(26)19(21(35-6)18(15)30)31-9-8-14(11-31)13(2)29-23(34)36-24(3,4)5/h10,12-14H,7-9,11H2,1-6H3,(H,29,34)/t13-,14+/m0/s1. The maximum absolute atomic E-state index is 15.5. The summed E-state index contributed by atoms with van der Waals surface area (Å²) in [6.45, 7) is 9.94. The van der Waals surface area contributed by atoms with Gasteiger partial charge in [-0.2, -0.15) is 0 Å². The van der Waals surface area contributed by atoms with Gasteiger partial charge in [-0.15, -0.1) is 0 Å². The molecule has 0 spiro atoms. The van der Waals surface area contributed by atoms with Gasteiger partial charge in [0, 0.05) is 31.9 Å². The molecule has 0 bridgehead atoms. The summed E-state index contributed by atoms with van der Waals surface area (Å²) in [6.07, 6.45) is 1.22. The van der Waals surface area contributed by atoms with Crippen molar-refractivity contribution in [2.24, 2.45) is 5.92 Å². The topological polar surface area (TPSA) is 99.1 Å². The number of aromatic nitrogens is 1. The van der Waals surface area contributed by atoms with Crippen LogP contribution in [-0.2, 0) is 15.9 Å². The number of amides is 1. The van der Waals surface area contributed by atoms with E-state index in [9.17, 15) is 23.0 Å². The highest BCUT2D eigenvalue weighted by atomic mass is 19.2. The minimum atomic E-state index is -3.40.